The molecule has 0 aliphatic carbocycles. The van der Waals surface area contributed by atoms with Crippen LogP contribution in [0.5, 0.6) is 5.75 Å². The molecule has 0 aromatic heterocycles. The van der Waals surface area contributed by atoms with Crippen molar-refractivity contribution < 1.29 is 32.7 Å². The Bertz CT molecular complexity index is 1350. The van der Waals surface area contributed by atoms with E-state index in [4.69, 9.17) is 15.6 Å². The van der Waals surface area contributed by atoms with Crippen molar-refractivity contribution >= 4 is 21.8 Å². The number of alkyl halides is 3. The summed E-state index contributed by atoms with van der Waals surface area (Å²) in [6.45, 7) is -0.379. The van der Waals surface area contributed by atoms with Crippen LogP contribution in [0.1, 0.15) is 23.1 Å². The number of hydrogen-bond acceptors (Lipinski definition) is 6. The number of aliphatic hydroxyl groups is 2. The molecule has 3 aromatic rings. The van der Waals surface area contributed by atoms with Gasteiger partial charge >= 0.3 is 6.18 Å². The highest BCUT2D eigenvalue weighted by atomic mass is 32.2. The van der Waals surface area contributed by atoms with Crippen molar-refractivity contribution in [3.8, 4) is 17.9 Å². The van der Waals surface area contributed by atoms with Crippen LogP contribution in [-0.2, 0) is 17.2 Å². The van der Waals surface area contributed by atoms with Gasteiger partial charge in [0.25, 0.3) is 0 Å². The average molecular weight is 504 g/mol. The second-order valence-electron chi connectivity index (χ2n) is 7.92. The Morgan fingerprint density at radius 3 is 2.31 bits per heavy atom. The largest absolute Gasteiger partial charge is 0.508 e. The smallest absolute Gasteiger partial charge is 0.416 e. The fourth-order valence-electron chi connectivity index (χ4n) is 3.48. The lowest BCUT2D eigenvalue weighted by atomic mass is 10.1. The number of aliphatic hydroxyl groups excluding tert-OH is 1. The van der Waals surface area contributed by atoms with Crippen LogP contribution >= 0.6 is 0 Å². The predicted molar refractivity (Wildman–Crippen MR) is 121 cm³/mol. The highest BCUT2D eigenvalue weighted by Gasteiger charge is 2.39. The van der Waals surface area contributed by atoms with E-state index >= 15 is 0 Å². The third-order valence-electron chi connectivity index (χ3n) is 5.39. The Morgan fingerprint density at radius 1 is 1.03 bits per heavy atom. The number of phenols is 1. The topological polar surface area (TPSA) is 129 Å². The van der Waals surface area contributed by atoms with Crippen LogP contribution in [0.3, 0.4) is 0 Å². The van der Waals surface area contributed by atoms with Gasteiger partial charge in [0, 0.05) is 13.1 Å². The molecule has 1 fully saturated rings. The van der Waals surface area contributed by atoms with Crippen molar-refractivity contribution in [3.63, 3.8) is 0 Å². The molecule has 0 radical (unpaired) electrons. The fourth-order valence-corrected chi connectivity index (χ4v) is 4.85. The Hall–Kier alpha value is -3.48. The molecule has 1 saturated heterocycles. The van der Waals surface area contributed by atoms with Gasteiger partial charge in [0.1, 0.15) is 28.4 Å². The lowest BCUT2D eigenvalue weighted by Crippen LogP contribution is -2.37. The molecule has 2 atom stereocenters. The molecule has 2 unspecified atom stereocenters. The summed E-state index contributed by atoms with van der Waals surface area (Å²) >= 11 is 0. The summed E-state index contributed by atoms with van der Waals surface area (Å²) in [5.41, 5.74) is -2.06. The van der Waals surface area contributed by atoms with Crippen LogP contribution in [0.25, 0.3) is 10.8 Å². The molecule has 0 amide bonds. The molecular formula is C24H20F3N3O4S. The van der Waals surface area contributed by atoms with Crippen molar-refractivity contribution in [2.75, 3.05) is 19.7 Å². The van der Waals surface area contributed by atoms with Crippen molar-refractivity contribution in [1.29, 1.82) is 10.5 Å². The lowest BCUT2D eigenvalue weighted by molar-refractivity contribution is -0.137. The van der Waals surface area contributed by atoms with Crippen LogP contribution in [-0.4, -0.2) is 49.1 Å². The Labute approximate surface area is 201 Å². The van der Waals surface area contributed by atoms with Crippen LogP contribution in [0.2, 0.25) is 0 Å². The summed E-state index contributed by atoms with van der Waals surface area (Å²) in [4.78, 5) is -0.0438. The van der Waals surface area contributed by atoms with E-state index in [1.165, 1.54) is 4.31 Å². The Kier molecular flexibility index (Phi) is 7.78. The number of nitrogens with zero attached hydrogens (tertiary/aromatic N) is 3. The summed E-state index contributed by atoms with van der Waals surface area (Å²) in [6.07, 6.45) is -4.39. The van der Waals surface area contributed by atoms with E-state index < -0.39 is 34.9 Å². The van der Waals surface area contributed by atoms with E-state index in [0.717, 1.165) is 22.9 Å². The predicted octanol–water partition coefficient (Wildman–Crippen LogP) is 3.45. The summed E-state index contributed by atoms with van der Waals surface area (Å²) < 4.78 is 51.6. The summed E-state index contributed by atoms with van der Waals surface area (Å²) in [5, 5.41) is 47.7. The molecule has 35 heavy (non-hydrogen) atoms. The Balaban J connectivity index is 0.000000223. The number of fused-ring (bicyclic) bond motifs is 1. The molecule has 11 heteroatoms. The van der Waals surface area contributed by atoms with Gasteiger partial charge < -0.3 is 15.3 Å². The maximum absolute atomic E-state index is 12.6. The van der Waals surface area contributed by atoms with Gasteiger partial charge in [-0.3, -0.25) is 0 Å². The first-order valence-corrected chi connectivity index (χ1v) is 11.3. The first-order valence-electron chi connectivity index (χ1n) is 10.2. The fraction of sp³-hybridized carbons (Fsp3) is 0.250. The summed E-state index contributed by atoms with van der Waals surface area (Å²) in [6, 6.07) is 16.6. The molecule has 182 valence electrons. The van der Waals surface area contributed by atoms with Crippen molar-refractivity contribution in [2.24, 2.45) is 0 Å². The zero-order valence-electron chi connectivity index (χ0n) is 18.2. The average Bonchev–Trinajstić information content (AvgIpc) is 3.25. The molecule has 1 heterocycles. The van der Waals surface area contributed by atoms with Gasteiger partial charge in [0.2, 0.25) is 0 Å². The van der Waals surface area contributed by atoms with Gasteiger partial charge in [0.05, 0.1) is 34.3 Å². The number of halogens is 3. The van der Waals surface area contributed by atoms with E-state index in [2.05, 4.69) is 6.07 Å². The van der Waals surface area contributed by atoms with Crippen molar-refractivity contribution in [2.45, 2.75) is 23.1 Å². The van der Waals surface area contributed by atoms with Gasteiger partial charge in [-0.2, -0.15) is 23.7 Å². The van der Waals surface area contributed by atoms with E-state index in [-0.39, 0.29) is 35.7 Å². The van der Waals surface area contributed by atoms with Crippen molar-refractivity contribution in [1.82, 2.24) is 4.31 Å². The van der Waals surface area contributed by atoms with E-state index in [9.17, 15) is 27.6 Å². The van der Waals surface area contributed by atoms with Gasteiger partial charge in [-0.15, -0.1) is 0 Å². The number of nitriles is 2. The highest BCUT2D eigenvalue weighted by molar-refractivity contribution is 7.82. The van der Waals surface area contributed by atoms with Gasteiger partial charge in [-0.1, -0.05) is 12.1 Å². The lowest BCUT2D eigenvalue weighted by Gasteiger charge is -2.20. The molecule has 3 aromatic carbocycles. The Morgan fingerprint density at radius 2 is 1.71 bits per heavy atom. The number of phenolic OH excluding ortho intramolecular Hbond substituents is 1. The third-order valence-corrected chi connectivity index (χ3v) is 6.91. The number of β-amino-alcohol motifs (C(OH)–C–C–N with tert-alkyl or cyclic N) is 1. The molecule has 0 bridgehead atoms. The maximum atomic E-state index is 12.6. The number of benzene rings is 3. The summed E-state index contributed by atoms with van der Waals surface area (Å²) in [5.74, 6) is 0.247. The first-order chi connectivity index (χ1) is 16.5. The molecule has 0 saturated carbocycles. The number of aromatic hydroxyl groups is 1. The second-order valence-corrected chi connectivity index (χ2v) is 9.38. The quantitative estimate of drug-likeness (QED) is 0.502. The van der Waals surface area contributed by atoms with Gasteiger partial charge in [0.15, 0.2) is 0 Å². The van der Waals surface area contributed by atoms with Crippen LogP contribution < -0.4 is 0 Å². The maximum Gasteiger partial charge on any atom is 0.416 e. The molecule has 7 nitrogen and oxygen atoms in total. The molecule has 4 rings (SSSR count). The van der Waals surface area contributed by atoms with E-state index in [1.807, 2.05) is 6.07 Å². The standard InChI is InChI=1S/C13H13F3N2O3S.C11H7NO/c14-13(15,16)10-1-2-11(9(5-10)6-17)22(21)18-4-3-12(20,7-18)8-19;12-7-8-1-2-10-6-11(13)4-3-9(10)5-8/h1-2,5,19-20H,3-4,7-8H2;1-6,13H. The van der Waals surface area contributed by atoms with Crippen LogP contribution in [0, 0.1) is 22.7 Å². The molecule has 1 aliphatic rings. The van der Waals surface area contributed by atoms with Gasteiger partial charge in [-0.05, 0) is 59.7 Å². The van der Waals surface area contributed by atoms with Crippen molar-refractivity contribution in [3.05, 3.63) is 71.3 Å². The molecular weight excluding hydrogens is 483 g/mol. The minimum absolute atomic E-state index is 0.0438. The summed E-state index contributed by atoms with van der Waals surface area (Å²) in [7, 11) is -1.88. The molecule has 0 spiro atoms. The van der Waals surface area contributed by atoms with Crippen LogP contribution in [0.15, 0.2) is 59.5 Å². The van der Waals surface area contributed by atoms with Crippen LogP contribution in [0.4, 0.5) is 13.2 Å². The zero-order valence-corrected chi connectivity index (χ0v) is 19.0. The number of rotatable bonds is 3. The monoisotopic (exact) mass is 503 g/mol. The minimum Gasteiger partial charge on any atom is -0.508 e. The zero-order chi connectivity index (χ0) is 25.8. The molecule has 3 N–H and O–H groups in total. The molecule has 1 aliphatic heterocycles. The van der Waals surface area contributed by atoms with E-state index in [1.54, 1.807) is 36.4 Å². The SMILES string of the molecule is N#Cc1cc(C(F)(F)F)ccc1S(=O)N1CCC(O)(CO)C1.N#Cc1ccc2cc(O)ccc2c1. The highest BCUT2D eigenvalue weighted by Crippen LogP contribution is 2.32. The number of hydrogen-bond donors (Lipinski definition) is 3. The second kappa shape index (κ2) is 10.4. The minimum atomic E-state index is -4.59. The van der Waals surface area contributed by atoms with E-state index in [0.29, 0.717) is 11.6 Å². The normalized spacial score (nSPS) is 18.8. The third kappa shape index (κ3) is 6.15. The first kappa shape index (κ1) is 26.1. The van der Waals surface area contributed by atoms with Gasteiger partial charge in [-0.25, -0.2) is 8.51 Å².